The minimum absolute atomic E-state index is 0.668. The maximum atomic E-state index is 5.83. The van der Waals surface area contributed by atoms with Gasteiger partial charge in [-0.25, -0.2) is 0 Å². The van der Waals surface area contributed by atoms with Gasteiger partial charge in [0.1, 0.15) is 11.3 Å². The van der Waals surface area contributed by atoms with Crippen LogP contribution in [0.4, 0.5) is 0 Å². The largest absolute Gasteiger partial charge is 0.461 e. The van der Waals surface area contributed by atoms with Gasteiger partial charge in [0, 0.05) is 23.5 Å². The van der Waals surface area contributed by atoms with Gasteiger partial charge in [-0.05, 0) is 31.7 Å². The van der Waals surface area contributed by atoms with Gasteiger partial charge >= 0.3 is 0 Å². The lowest BCUT2D eigenvalue weighted by Gasteiger charge is -2.29. The van der Waals surface area contributed by atoms with E-state index in [1.165, 1.54) is 36.6 Å². The first-order valence-electron chi connectivity index (χ1n) is 7.46. The van der Waals surface area contributed by atoms with E-state index in [1.54, 1.807) is 0 Å². The summed E-state index contributed by atoms with van der Waals surface area (Å²) in [6.07, 6.45) is 5.44. The van der Waals surface area contributed by atoms with Gasteiger partial charge in [-0.2, -0.15) is 0 Å². The molecule has 1 heterocycles. The number of hydrogen-bond donors (Lipinski definition) is 1. The molecule has 1 aliphatic rings. The zero-order valence-corrected chi connectivity index (χ0v) is 11.9. The molecule has 0 radical (unpaired) electrons. The molecule has 1 aromatic heterocycles. The molecule has 1 fully saturated rings. The molecule has 2 aromatic rings. The Labute approximate surface area is 115 Å². The first-order chi connectivity index (χ1) is 9.25. The summed E-state index contributed by atoms with van der Waals surface area (Å²) in [6.45, 7) is 5.37. The van der Waals surface area contributed by atoms with Crippen LogP contribution < -0.4 is 5.32 Å². The SMILES string of the molecule is Cc1oc2ccccc2c1CNC1CCCCC1C. The van der Waals surface area contributed by atoms with Gasteiger partial charge in [-0.3, -0.25) is 0 Å². The standard InChI is InChI=1S/C17H23NO/c1-12-7-3-5-9-16(12)18-11-15-13(2)19-17-10-6-4-8-14(15)17/h4,6,8,10,12,16,18H,3,5,7,9,11H2,1-2H3. The molecule has 2 unspecified atom stereocenters. The third kappa shape index (κ3) is 2.55. The minimum atomic E-state index is 0.668. The molecule has 102 valence electrons. The highest BCUT2D eigenvalue weighted by Gasteiger charge is 2.21. The van der Waals surface area contributed by atoms with Crippen LogP contribution in [0, 0.1) is 12.8 Å². The second-order valence-electron chi connectivity index (χ2n) is 5.88. The second kappa shape index (κ2) is 5.38. The van der Waals surface area contributed by atoms with Gasteiger partial charge in [-0.1, -0.05) is 38.0 Å². The summed E-state index contributed by atoms with van der Waals surface area (Å²) in [5.74, 6) is 1.85. The van der Waals surface area contributed by atoms with Crippen LogP contribution in [0.15, 0.2) is 28.7 Å². The van der Waals surface area contributed by atoms with E-state index in [0.29, 0.717) is 6.04 Å². The lowest BCUT2D eigenvalue weighted by molar-refractivity contribution is 0.279. The summed E-state index contributed by atoms with van der Waals surface area (Å²) in [6, 6.07) is 9.00. The van der Waals surface area contributed by atoms with E-state index < -0.39 is 0 Å². The molecule has 2 nitrogen and oxygen atoms in total. The monoisotopic (exact) mass is 257 g/mol. The van der Waals surface area contributed by atoms with E-state index in [2.05, 4.69) is 37.4 Å². The Bertz CT molecular complexity index is 557. The highest BCUT2D eigenvalue weighted by molar-refractivity contribution is 5.82. The van der Waals surface area contributed by atoms with Gasteiger partial charge in [0.15, 0.2) is 0 Å². The van der Waals surface area contributed by atoms with Crippen molar-refractivity contribution in [3.05, 3.63) is 35.6 Å². The second-order valence-corrected chi connectivity index (χ2v) is 5.88. The molecule has 19 heavy (non-hydrogen) atoms. The van der Waals surface area contributed by atoms with Gasteiger partial charge in [0.2, 0.25) is 0 Å². The summed E-state index contributed by atoms with van der Waals surface area (Å²) in [7, 11) is 0. The number of para-hydroxylation sites is 1. The Morgan fingerprint density at radius 1 is 1.21 bits per heavy atom. The van der Waals surface area contributed by atoms with Crippen molar-refractivity contribution >= 4 is 11.0 Å². The van der Waals surface area contributed by atoms with E-state index in [-0.39, 0.29) is 0 Å². The summed E-state index contributed by atoms with van der Waals surface area (Å²) in [4.78, 5) is 0. The molecule has 2 atom stereocenters. The van der Waals surface area contributed by atoms with Crippen molar-refractivity contribution in [2.24, 2.45) is 5.92 Å². The zero-order valence-electron chi connectivity index (χ0n) is 11.9. The number of nitrogens with one attached hydrogen (secondary N) is 1. The highest BCUT2D eigenvalue weighted by Crippen LogP contribution is 2.27. The van der Waals surface area contributed by atoms with Crippen LogP contribution in [-0.4, -0.2) is 6.04 Å². The van der Waals surface area contributed by atoms with E-state index in [9.17, 15) is 0 Å². The molecule has 1 aliphatic carbocycles. The van der Waals surface area contributed by atoms with Gasteiger partial charge in [-0.15, -0.1) is 0 Å². The number of benzene rings is 1. The van der Waals surface area contributed by atoms with E-state index >= 15 is 0 Å². The molecule has 0 aliphatic heterocycles. The van der Waals surface area contributed by atoms with Crippen molar-refractivity contribution in [3.8, 4) is 0 Å². The van der Waals surface area contributed by atoms with Crippen molar-refractivity contribution in [1.82, 2.24) is 5.32 Å². The lowest BCUT2D eigenvalue weighted by atomic mass is 9.86. The molecule has 3 rings (SSSR count). The summed E-state index contributed by atoms with van der Waals surface area (Å²) < 4.78 is 5.83. The third-order valence-corrected chi connectivity index (χ3v) is 4.55. The minimum Gasteiger partial charge on any atom is -0.461 e. The van der Waals surface area contributed by atoms with Crippen LogP contribution in [0.3, 0.4) is 0 Å². The molecular formula is C17H23NO. The van der Waals surface area contributed by atoms with Gasteiger partial charge in [0.25, 0.3) is 0 Å². The van der Waals surface area contributed by atoms with Crippen LogP contribution in [0.2, 0.25) is 0 Å². The fourth-order valence-electron chi connectivity index (χ4n) is 3.29. The van der Waals surface area contributed by atoms with Crippen LogP contribution >= 0.6 is 0 Å². The third-order valence-electron chi connectivity index (χ3n) is 4.55. The van der Waals surface area contributed by atoms with Crippen molar-refractivity contribution < 1.29 is 4.42 Å². The van der Waals surface area contributed by atoms with Crippen LogP contribution in [-0.2, 0) is 6.54 Å². The molecule has 0 bridgehead atoms. The van der Waals surface area contributed by atoms with Crippen LogP contribution in [0.5, 0.6) is 0 Å². The van der Waals surface area contributed by atoms with Gasteiger partial charge in [0.05, 0.1) is 0 Å². The predicted octanol–water partition coefficient (Wildman–Crippen LogP) is 4.41. The molecule has 0 spiro atoms. The van der Waals surface area contributed by atoms with Crippen molar-refractivity contribution in [2.75, 3.05) is 0 Å². The molecule has 1 aromatic carbocycles. The predicted molar refractivity (Wildman–Crippen MR) is 79.2 cm³/mol. The van der Waals surface area contributed by atoms with Crippen LogP contribution in [0.25, 0.3) is 11.0 Å². The molecule has 0 saturated heterocycles. The quantitative estimate of drug-likeness (QED) is 0.881. The molecule has 2 heteroatoms. The molecule has 1 N–H and O–H groups in total. The maximum absolute atomic E-state index is 5.83. The van der Waals surface area contributed by atoms with Crippen LogP contribution in [0.1, 0.15) is 43.9 Å². The number of fused-ring (bicyclic) bond motifs is 1. The molecule has 0 amide bonds. The fourth-order valence-corrected chi connectivity index (χ4v) is 3.29. The highest BCUT2D eigenvalue weighted by atomic mass is 16.3. The van der Waals surface area contributed by atoms with Crippen molar-refractivity contribution in [3.63, 3.8) is 0 Å². The smallest absolute Gasteiger partial charge is 0.134 e. The fraction of sp³-hybridized carbons (Fsp3) is 0.529. The van der Waals surface area contributed by atoms with E-state index in [4.69, 9.17) is 4.42 Å². The van der Waals surface area contributed by atoms with Crippen molar-refractivity contribution in [1.29, 1.82) is 0 Å². The Hall–Kier alpha value is -1.28. The number of aryl methyl sites for hydroxylation is 1. The molecule has 1 saturated carbocycles. The topological polar surface area (TPSA) is 25.2 Å². The van der Waals surface area contributed by atoms with E-state index in [1.807, 2.05) is 6.07 Å². The first-order valence-corrected chi connectivity index (χ1v) is 7.46. The zero-order chi connectivity index (χ0) is 13.2. The molecular weight excluding hydrogens is 234 g/mol. The first kappa shape index (κ1) is 12.7. The normalized spacial score (nSPS) is 23.9. The van der Waals surface area contributed by atoms with Crippen molar-refractivity contribution in [2.45, 2.75) is 52.1 Å². The Balaban J connectivity index is 1.76. The maximum Gasteiger partial charge on any atom is 0.134 e. The summed E-state index contributed by atoms with van der Waals surface area (Å²) in [5, 5.41) is 5.01. The Morgan fingerprint density at radius 3 is 2.84 bits per heavy atom. The van der Waals surface area contributed by atoms with E-state index in [0.717, 1.165) is 23.8 Å². The Morgan fingerprint density at radius 2 is 2.00 bits per heavy atom. The van der Waals surface area contributed by atoms with Gasteiger partial charge < -0.3 is 9.73 Å². The number of rotatable bonds is 3. The number of hydrogen-bond acceptors (Lipinski definition) is 2. The summed E-state index contributed by atoms with van der Waals surface area (Å²) >= 11 is 0. The number of furan rings is 1. The Kier molecular flexibility index (Phi) is 3.61. The lowest BCUT2D eigenvalue weighted by Crippen LogP contribution is -2.36. The average Bonchev–Trinajstić information content (AvgIpc) is 2.74. The average molecular weight is 257 g/mol. The summed E-state index contributed by atoms with van der Waals surface area (Å²) in [5.41, 5.74) is 2.34.